The SMILES string of the molecule is CC(=[C-]c1cc(C)c(C)c(C)c1)Oc1[c-]c(C)c(C)c(C)c1C.CC1=C(c2cc(C)c(C)c(C)c2)Cc2c(C)c(C)c(C)c(C)c2O1.C[CH-]C(Oc1[c-]c(C)c(C)c(C)c1C)c1cc(C)c(C)c(C)c1.Cc1cc(-c2c(C)oc3c(C)c(C)c(C)c(C)c3c2=O)cc(C)c1C.Cc1cc(C2Oc3c(C)c(C)c(C)c(C)c3C(=O)C2C)cc(C)c1C.Cc1cc(C2Oc3c(C)c(C)c(C)c(C)c3CC2C)cc(C)c1C.[Y].[Y]. The van der Waals surface area contributed by atoms with E-state index < -0.39 is 0 Å². The van der Waals surface area contributed by atoms with Gasteiger partial charge >= 0.3 is 0 Å². The molecule has 768 valence electrons. The van der Waals surface area contributed by atoms with E-state index in [0.29, 0.717) is 17.2 Å². The number of ketones is 1. The quantitative estimate of drug-likeness (QED) is 0.0934. The zero-order valence-corrected chi connectivity index (χ0v) is 104. The molecule has 16 rings (SSSR count). The Labute approximate surface area is 930 Å². The average Bonchev–Trinajstić information content (AvgIpc) is 0.774. The first-order chi connectivity index (χ1) is 67.2. The van der Waals surface area contributed by atoms with Gasteiger partial charge in [-0.3, -0.25) is 16.0 Å². The first-order valence-corrected chi connectivity index (χ1v) is 52.0. The van der Waals surface area contributed by atoms with E-state index in [1.54, 1.807) is 0 Å². The molecule has 146 heavy (non-hydrogen) atoms. The second-order valence-corrected chi connectivity index (χ2v) is 43.2. The van der Waals surface area contributed by atoms with Crippen molar-refractivity contribution in [3.63, 3.8) is 0 Å². The van der Waals surface area contributed by atoms with Gasteiger partial charge in [0.2, 0.25) is 5.43 Å². The number of hydrogen-bond donors (Lipinski definition) is 0. The smallest absolute Gasteiger partial charge is 0.201 e. The van der Waals surface area contributed by atoms with Crippen LogP contribution in [0.15, 0.2) is 93.5 Å². The van der Waals surface area contributed by atoms with E-state index in [2.05, 4.69) is 388 Å². The van der Waals surface area contributed by atoms with Crippen molar-refractivity contribution in [2.24, 2.45) is 11.8 Å². The van der Waals surface area contributed by atoms with Crippen molar-refractivity contribution in [3.8, 4) is 39.9 Å². The molecule has 0 bridgehead atoms. The van der Waals surface area contributed by atoms with E-state index in [0.717, 1.165) is 125 Å². The van der Waals surface area contributed by atoms with E-state index in [9.17, 15) is 9.59 Å². The molecule has 0 amide bonds. The van der Waals surface area contributed by atoms with Crippen molar-refractivity contribution < 1.29 is 98.3 Å². The molecule has 5 atom stereocenters. The molecule has 8 nitrogen and oxygen atoms in total. The molecule has 10 heteroatoms. The summed E-state index contributed by atoms with van der Waals surface area (Å²) in [7, 11) is 0. The van der Waals surface area contributed by atoms with E-state index in [4.69, 9.17) is 28.1 Å². The Hall–Kier alpha value is -9.79. The molecule has 1 aromatic heterocycles. The third kappa shape index (κ3) is 24.4. The minimum atomic E-state index is -0.224. The van der Waals surface area contributed by atoms with Crippen LogP contribution in [0.25, 0.3) is 27.7 Å². The third-order valence-electron chi connectivity index (χ3n) is 34.5. The van der Waals surface area contributed by atoms with Crippen LogP contribution in [-0.2, 0) is 78.3 Å². The van der Waals surface area contributed by atoms with Gasteiger partial charge in [0.1, 0.15) is 46.6 Å². The second kappa shape index (κ2) is 48.4. The predicted octanol–water partition coefficient (Wildman–Crippen LogP) is 35.9. The van der Waals surface area contributed by atoms with Crippen LogP contribution in [0.5, 0.6) is 28.7 Å². The van der Waals surface area contributed by atoms with Gasteiger partial charge in [-0.15, -0.1) is 40.5 Å². The fourth-order valence-electron chi connectivity index (χ4n) is 21.0. The summed E-state index contributed by atoms with van der Waals surface area (Å²) in [5.74, 6) is 7.65. The van der Waals surface area contributed by atoms with Gasteiger partial charge < -0.3 is 28.1 Å². The van der Waals surface area contributed by atoms with Gasteiger partial charge in [0, 0.05) is 112 Å². The third-order valence-corrected chi connectivity index (χ3v) is 34.5. The Morgan fingerprint density at radius 1 is 0.363 bits per heavy atom. The molecule has 0 N–H and O–H groups in total. The Morgan fingerprint density at radius 2 is 0.719 bits per heavy atom. The van der Waals surface area contributed by atoms with E-state index in [1.807, 2.05) is 41.5 Å². The monoisotopic (exact) mass is 2110 g/mol. The van der Waals surface area contributed by atoms with Gasteiger partial charge in [-0.25, -0.2) is 0 Å². The Morgan fingerprint density at radius 3 is 1.18 bits per heavy atom. The van der Waals surface area contributed by atoms with Crippen molar-refractivity contribution in [1.82, 2.24) is 0 Å². The number of carbonyl (C=O) groups is 1. The van der Waals surface area contributed by atoms with Crippen LogP contribution in [0.3, 0.4) is 0 Å². The molecule has 0 fully saturated rings. The molecule has 3 aliphatic heterocycles. The molecule has 3 aliphatic rings. The second-order valence-electron chi connectivity index (χ2n) is 43.2. The van der Waals surface area contributed by atoms with Crippen LogP contribution in [-0.4, -0.2) is 5.78 Å². The number of ether oxygens (including phenoxy) is 5. The molecular weight excluding hydrogens is 1940 g/mol. The number of aryl methyl sites for hydroxylation is 17. The Balaban J connectivity index is 0.000000194. The van der Waals surface area contributed by atoms with Crippen LogP contribution in [0.1, 0.15) is 342 Å². The summed E-state index contributed by atoms with van der Waals surface area (Å²) >= 11 is 0. The molecule has 2 radical (unpaired) electrons. The minimum Gasteiger partial charge on any atom is -0.543 e. The van der Waals surface area contributed by atoms with Crippen LogP contribution < -0.4 is 29.1 Å². The molecule has 4 heterocycles. The van der Waals surface area contributed by atoms with Crippen LogP contribution in [0.2, 0.25) is 0 Å². The molecule has 0 saturated carbocycles. The number of benzene rings is 12. The zero-order valence-electron chi connectivity index (χ0n) is 98.2. The van der Waals surface area contributed by atoms with Crippen molar-refractivity contribution >= 4 is 22.3 Å². The summed E-state index contributed by atoms with van der Waals surface area (Å²) in [5.41, 5.74) is 66.5. The Kier molecular flexibility index (Phi) is 39.7. The molecule has 13 aromatic rings. The van der Waals surface area contributed by atoms with Crippen LogP contribution in [0, 0.1) is 334 Å². The molecular formula is C136H166O8Y2-4. The van der Waals surface area contributed by atoms with Gasteiger partial charge in [0.05, 0.1) is 22.4 Å². The minimum absolute atomic E-state index is 0. The largest absolute Gasteiger partial charge is 0.543 e. The van der Waals surface area contributed by atoms with E-state index in [1.165, 1.54) is 228 Å². The maximum absolute atomic E-state index is 13.4. The van der Waals surface area contributed by atoms with Crippen molar-refractivity contribution in [3.05, 3.63) is 403 Å². The summed E-state index contributed by atoms with van der Waals surface area (Å²) in [6.45, 7) is 102. The number of carbonyl (C=O) groups excluding carboxylic acids is 1. The summed E-state index contributed by atoms with van der Waals surface area (Å²) in [6, 6.07) is 33.3. The van der Waals surface area contributed by atoms with Crippen molar-refractivity contribution in [1.29, 1.82) is 0 Å². The summed E-state index contributed by atoms with van der Waals surface area (Å²) in [6.07, 6.45) is 7.39. The maximum Gasteiger partial charge on any atom is 0.201 e. The van der Waals surface area contributed by atoms with E-state index in [-0.39, 0.29) is 101 Å². The number of hydrogen-bond acceptors (Lipinski definition) is 8. The topological polar surface area (TPSA) is 93.4 Å². The first kappa shape index (κ1) is 120. The summed E-state index contributed by atoms with van der Waals surface area (Å²) in [4.78, 5) is 26.6. The van der Waals surface area contributed by atoms with Crippen molar-refractivity contribution in [2.45, 2.75) is 363 Å². The van der Waals surface area contributed by atoms with E-state index >= 15 is 0 Å². The maximum atomic E-state index is 13.4. The summed E-state index contributed by atoms with van der Waals surface area (Å²) in [5, 5.41) is 0.720. The van der Waals surface area contributed by atoms with Gasteiger partial charge in [0.15, 0.2) is 5.78 Å². The fraction of sp³-hybridized carbons (Fsp3) is 0.404. The zero-order chi connectivity index (χ0) is 107. The van der Waals surface area contributed by atoms with Gasteiger partial charge in [-0.1, -0.05) is 149 Å². The normalized spacial score (nSPS) is 14.6. The fourth-order valence-corrected chi connectivity index (χ4v) is 21.0. The molecule has 12 aromatic carbocycles. The molecule has 0 aliphatic carbocycles. The summed E-state index contributed by atoms with van der Waals surface area (Å²) < 4.78 is 38.0. The van der Waals surface area contributed by atoms with Gasteiger partial charge in [-0.2, -0.15) is 58.0 Å². The number of fused-ring (bicyclic) bond motifs is 4. The number of Topliss-reactive ketones (excluding diaryl/α,β-unsaturated/α-hetero) is 1. The van der Waals surface area contributed by atoms with Gasteiger partial charge in [-0.05, 0) is 455 Å². The predicted molar refractivity (Wildman–Crippen MR) is 609 cm³/mol. The van der Waals surface area contributed by atoms with Crippen LogP contribution >= 0.6 is 0 Å². The van der Waals surface area contributed by atoms with Crippen molar-refractivity contribution in [2.75, 3.05) is 0 Å². The number of rotatable bonds is 11. The van der Waals surface area contributed by atoms with Crippen LogP contribution in [0.4, 0.5) is 0 Å². The van der Waals surface area contributed by atoms with Gasteiger partial charge in [0.25, 0.3) is 0 Å². The standard InChI is InChI=1S/C23H28O2.C23H26O2.C23H28O.C23H30O.C22H26O.C22H28O.2Y/c1-11-9-19(10-12(2)13(11)3)22-18(8)21(24)20-16(6)14(4)15(5)17(7)23(20)25-22;1-11-9-19(10-12(2)13(11)3)21-18(8)25-23-17(7)15(5)14(4)16(6)20(23)22(21)24;1-12-9-20(10-13(2)14(12)3)22-11-21-17(6)15(4)16(5)18(7)23(21)24-19(22)8;1-12-9-20(10-13(2)15(12)4)22-14(3)11-21-18(7)16(5)17(6)19(8)23(21)24-22;1-13-9-21(10-14(2)17(13)5)12-16(4)23-22-11-15(3)18(6)19(7)20(22)8;1-9-21(20-10-13(2)16(5)14(3)11-20)23-22-12-15(4)17(6)18(7)19(22)8;;/h9-10,18,22H,1-8H3;9-10H,1-8H3;9-10H,11H2,1-8H3;9-10,14,22H,11H2,1-8H3;9-10H,1-8H3;9-11,21H,1-8H3;;/q;;;;2*-2;;. The molecule has 0 saturated heterocycles. The number of allylic oxidation sites excluding steroid dienone is 3. The molecule has 5 unspecified atom stereocenters. The first-order valence-electron chi connectivity index (χ1n) is 52.0. The molecule has 0 spiro atoms. The average molecular weight is 2110 g/mol. The Bertz CT molecular complexity index is 7310.